The number of aliphatic carboxylic acids is 1. The third kappa shape index (κ3) is 2.67. The summed E-state index contributed by atoms with van der Waals surface area (Å²) in [7, 11) is 0. The molecule has 0 aromatic heterocycles. The van der Waals surface area contributed by atoms with Gasteiger partial charge in [-0.05, 0) is 18.6 Å². The molecule has 21 heavy (non-hydrogen) atoms. The lowest BCUT2D eigenvalue weighted by Gasteiger charge is -2.14. The number of anilines is 1. The zero-order valence-corrected chi connectivity index (χ0v) is 11.8. The van der Waals surface area contributed by atoms with Crippen molar-refractivity contribution in [3.63, 3.8) is 0 Å². The maximum atomic E-state index is 13.5. The van der Waals surface area contributed by atoms with Crippen LogP contribution in [0.4, 0.5) is 10.1 Å². The smallest absolute Gasteiger partial charge is 0.331 e. The molecule has 0 saturated carbocycles. The second kappa shape index (κ2) is 5.65. The number of Topliss-reactive ketones (excluding diaryl/α,β-unsaturated/α-hetero) is 1. The van der Waals surface area contributed by atoms with Crippen molar-refractivity contribution in [3.8, 4) is 0 Å². The molecule has 0 saturated heterocycles. The predicted molar refractivity (Wildman–Crippen MR) is 74.1 cm³/mol. The summed E-state index contributed by atoms with van der Waals surface area (Å²) in [6.45, 7) is 1.54. The molecule has 1 amide bonds. The lowest BCUT2D eigenvalue weighted by molar-refractivity contribution is -0.132. The van der Waals surface area contributed by atoms with Crippen LogP contribution in [0.1, 0.15) is 23.7 Å². The molecule has 1 N–H and O–H groups in total. The predicted octanol–water partition coefficient (Wildman–Crippen LogP) is 2.43. The highest BCUT2D eigenvalue weighted by molar-refractivity contribution is 6.52. The topological polar surface area (TPSA) is 74.7 Å². The van der Waals surface area contributed by atoms with Crippen LogP contribution in [0.25, 0.3) is 0 Å². The average molecular weight is 312 g/mol. The zero-order chi connectivity index (χ0) is 15.7. The second-order valence-electron chi connectivity index (χ2n) is 4.42. The third-order valence-corrected chi connectivity index (χ3v) is 3.48. The number of halogens is 2. The van der Waals surface area contributed by atoms with Crippen molar-refractivity contribution in [2.45, 2.75) is 13.3 Å². The van der Waals surface area contributed by atoms with Crippen LogP contribution in [-0.2, 0) is 9.59 Å². The summed E-state index contributed by atoms with van der Waals surface area (Å²) in [5.74, 6) is -3.46. The molecule has 5 nitrogen and oxygen atoms in total. The third-order valence-electron chi connectivity index (χ3n) is 3.19. The van der Waals surface area contributed by atoms with Crippen molar-refractivity contribution >= 4 is 34.9 Å². The van der Waals surface area contributed by atoms with Crippen LogP contribution in [0.5, 0.6) is 0 Å². The number of rotatable bonds is 4. The molecular formula is C14H11ClFNO4. The van der Waals surface area contributed by atoms with E-state index in [0.29, 0.717) is 0 Å². The van der Waals surface area contributed by atoms with E-state index in [1.54, 1.807) is 6.92 Å². The lowest BCUT2D eigenvalue weighted by Crippen LogP contribution is -2.30. The van der Waals surface area contributed by atoms with Gasteiger partial charge in [-0.25, -0.2) is 9.18 Å². The van der Waals surface area contributed by atoms with E-state index in [9.17, 15) is 18.8 Å². The fourth-order valence-electron chi connectivity index (χ4n) is 2.05. The first-order valence-electron chi connectivity index (χ1n) is 6.14. The van der Waals surface area contributed by atoms with Crippen molar-refractivity contribution in [2.24, 2.45) is 0 Å². The fraction of sp³-hybridized carbons (Fsp3) is 0.214. The summed E-state index contributed by atoms with van der Waals surface area (Å²) in [5.41, 5.74) is 0.232. The van der Waals surface area contributed by atoms with Gasteiger partial charge in [0.05, 0.1) is 16.3 Å². The van der Waals surface area contributed by atoms with Crippen molar-refractivity contribution in [1.82, 2.24) is 0 Å². The molecule has 7 heteroatoms. The van der Waals surface area contributed by atoms with Gasteiger partial charge in [0.1, 0.15) is 5.82 Å². The van der Waals surface area contributed by atoms with Crippen LogP contribution in [0, 0.1) is 5.82 Å². The van der Waals surface area contributed by atoms with Crippen LogP contribution in [0.15, 0.2) is 23.8 Å². The van der Waals surface area contributed by atoms with Gasteiger partial charge in [-0.15, -0.1) is 0 Å². The average Bonchev–Trinajstić information content (AvgIpc) is 2.65. The van der Waals surface area contributed by atoms with Gasteiger partial charge in [-0.1, -0.05) is 24.6 Å². The standard InChI is InChI=1S/C14H11ClFNO4/c1-2-7(14(20)21)3-4-17-11-6-10(16)9(15)5-8(11)12(18)13(17)19/h3,5-6H,2,4H2,1H3,(H,20,21). The Hall–Kier alpha value is -2.21. The SMILES string of the molecule is CCC(=CCN1C(=O)C(=O)c2cc(Cl)c(F)cc21)C(=O)O. The van der Waals surface area contributed by atoms with Crippen LogP contribution in [0.2, 0.25) is 5.02 Å². The number of carbonyl (C=O) groups excluding carboxylic acids is 2. The number of carbonyl (C=O) groups is 3. The van der Waals surface area contributed by atoms with Crippen LogP contribution in [0.3, 0.4) is 0 Å². The number of fused-ring (bicyclic) bond motifs is 1. The molecule has 1 aliphatic rings. The number of amides is 1. The van der Waals surface area contributed by atoms with Gasteiger partial charge >= 0.3 is 5.97 Å². The number of carboxylic acid groups (broad SMARTS) is 1. The molecule has 0 spiro atoms. The highest BCUT2D eigenvalue weighted by atomic mass is 35.5. The van der Waals surface area contributed by atoms with Crippen molar-refractivity contribution in [3.05, 3.63) is 40.2 Å². The van der Waals surface area contributed by atoms with E-state index in [4.69, 9.17) is 16.7 Å². The minimum Gasteiger partial charge on any atom is -0.478 e. The van der Waals surface area contributed by atoms with E-state index in [-0.39, 0.29) is 34.8 Å². The van der Waals surface area contributed by atoms with Crippen molar-refractivity contribution in [1.29, 1.82) is 0 Å². The second-order valence-corrected chi connectivity index (χ2v) is 4.82. The molecule has 2 rings (SSSR count). The first-order valence-corrected chi connectivity index (χ1v) is 6.52. The van der Waals surface area contributed by atoms with Gasteiger partial charge < -0.3 is 10.0 Å². The maximum Gasteiger partial charge on any atom is 0.331 e. The number of hydrogen-bond acceptors (Lipinski definition) is 3. The van der Waals surface area contributed by atoms with Gasteiger partial charge in [0.15, 0.2) is 0 Å². The Morgan fingerprint density at radius 2 is 2.10 bits per heavy atom. The molecule has 1 aromatic rings. The number of ketones is 1. The molecule has 0 atom stereocenters. The Kier molecular flexibility index (Phi) is 4.09. The molecule has 0 aliphatic carbocycles. The van der Waals surface area contributed by atoms with Gasteiger partial charge in [-0.2, -0.15) is 0 Å². The number of hydrogen-bond donors (Lipinski definition) is 1. The van der Waals surface area contributed by atoms with E-state index in [0.717, 1.165) is 17.0 Å². The minimum atomic E-state index is -1.10. The number of carboxylic acids is 1. The Morgan fingerprint density at radius 1 is 1.43 bits per heavy atom. The summed E-state index contributed by atoms with van der Waals surface area (Å²) in [5, 5.41) is 8.68. The van der Waals surface area contributed by atoms with E-state index < -0.39 is 23.5 Å². The molecule has 1 heterocycles. The lowest BCUT2D eigenvalue weighted by atomic mass is 10.1. The highest BCUT2D eigenvalue weighted by Crippen LogP contribution is 2.33. The van der Waals surface area contributed by atoms with Crippen LogP contribution in [-0.4, -0.2) is 29.3 Å². The summed E-state index contributed by atoms with van der Waals surface area (Å²) in [6, 6.07) is 2.11. The molecule has 1 aliphatic heterocycles. The zero-order valence-electron chi connectivity index (χ0n) is 11.0. The molecule has 0 radical (unpaired) electrons. The van der Waals surface area contributed by atoms with Gasteiger partial charge in [0.2, 0.25) is 0 Å². The van der Waals surface area contributed by atoms with Gasteiger partial charge in [-0.3, -0.25) is 9.59 Å². The van der Waals surface area contributed by atoms with Crippen LogP contribution < -0.4 is 4.90 Å². The van der Waals surface area contributed by atoms with Crippen LogP contribution >= 0.6 is 11.6 Å². The Labute approximate surface area is 124 Å². The molecule has 0 unspecified atom stereocenters. The molecule has 0 fully saturated rings. The maximum absolute atomic E-state index is 13.5. The van der Waals surface area contributed by atoms with E-state index in [1.807, 2.05) is 0 Å². The van der Waals surface area contributed by atoms with Crippen molar-refractivity contribution < 1.29 is 23.9 Å². The summed E-state index contributed by atoms with van der Waals surface area (Å²) < 4.78 is 13.5. The molecule has 1 aromatic carbocycles. The van der Waals surface area contributed by atoms with Crippen molar-refractivity contribution in [2.75, 3.05) is 11.4 Å². The van der Waals surface area contributed by atoms with E-state index in [2.05, 4.69) is 0 Å². The fourth-order valence-corrected chi connectivity index (χ4v) is 2.22. The first-order chi connectivity index (χ1) is 9.86. The Bertz CT molecular complexity index is 684. The largest absolute Gasteiger partial charge is 0.478 e. The van der Waals surface area contributed by atoms with Gasteiger partial charge in [0, 0.05) is 12.1 Å². The number of benzene rings is 1. The molecular weight excluding hydrogens is 301 g/mol. The Morgan fingerprint density at radius 3 is 2.67 bits per heavy atom. The molecule has 110 valence electrons. The first kappa shape index (κ1) is 15.2. The Balaban J connectivity index is 2.39. The normalized spacial score (nSPS) is 14.6. The van der Waals surface area contributed by atoms with Gasteiger partial charge in [0.25, 0.3) is 11.7 Å². The van der Waals surface area contributed by atoms with E-state index >= 15 is 0 Å². The summed E-state index contributed by atoms with van der Waals surface area (Å²) >= 11 is 5.60. The minimum absolute atomic E-state index is 0.0215. The highest BCUT2D eigenvalue weighted by Gasteiger charge is 2.36. The summed E-state index contributed by atoms with van der Waals surface area (Å²) in [4.78, 5) is 35.6. The summed E-state index contributed by atoms with van der Waals surface area (Å²) in [6.07, 6.45) is 1.60. The molecule has 0 bridgehead atoms. The quantitative estimate of drug-likeness (QED) is 0.684. The number of nitrogens with zero attached hydrogens (tertiary/aromatic N) is 1. The van der Waals surface area contributed by atoms with E-state index in [1.165, 1.54) is 6.08 Å². The monoisotopic (exact) mass is 311 g/mol.